The number of fused-ring (bicyclic) bond motifs is 1. The second-order valence-electron chi connectivity index (χ2n) is 7.40. The van der Waals surface area contributed by atoms with Crippen LogP contribution in [0.2, 0.25) is 0 Å². The van der Waals surface area contributed by atoms with E-state index in [1.165, 1.54) is 22.8 Å². The van der Waals surface area contributed by atoms with Gasteiger partial charge < -0.3 is 9.47 Å². The Hall–Kier alpha value is -3.13. The zero-order chi connectivity index (χ0) is 21.1. The second-order valence-corrected chi connectivity index (χ2v) is 7.40. The van der Waals surface area contributed by atoms with E-state index in [2.05, 4.69) is 15.0 Å². The number of rotatable bonds is 5. The number of halogens is 1. The summed E-state index contributed by atoms with van der Waals surface area (Å²) in [7, 11) is 3.34. The van der Waals surface area contributed by atoms with Crippen LogP contribution in [0, 0.1) is 11.7 Å². The van der Waals surface area contributed by atoms with Crippen LogP contribution >= 0.6 is 0 Å². The van der Waals surface area contributed by atoms with Crippen molar-refractivity contribution >= 4 is 23.2 Å². The molecule has 2 heterocycles. The van der Waals surface area contributed by atoms with Gasteiger partial charge in [0.05, 0.1) is 6.10 Å². The number of pyridine rings is 1. The average Bonchev–Trinajstić information content (AvgIpc) is 2.78. The molecule has 1 aliphatic carbocycles. The summed E-state index contributed by atoms with van der Waals surface area (Å²) in [5.74, 6) is 0.120. The molecular weight excluding hydrogens is 387 g/mol. The van der Waals surface area contributed by atoms with Gasteiger partial charge in [-0.2, -0.15) is 4.98 Å². The van der Waals surface area contributed by atoms with Gasteiger partial charge in [-0.25, -0.2) is 14.4 Å². The number of ether oxygens (including phenoxy) is 2. The molecule has 4 rings (SSSR count). The van der Waals surface area contributed by atoms with Crippen LogP contribution in [0.15, 0.2) is 46.3 Å². The van der Waals surface area contributed by atoms with E-state index in [4.69, 9.17) is 9.47 Å². The zero-order valence-electron chi connectivity index (χ0n) is 16.9. The Bertz CT molecular complexity index is 1140. The molecule has 0 radical (unpaired) electrons. The Kier molecular flexibility index (Phi) is 5.85. The first-order valence-corrected chi connectivity index (χ1v) is 9.91. The van der Waals surface area contributed by atoms with Gasteiger partial charge >= 0.3 is 0 Å². The van der Waals surface area contributed by atoms with Crippen LogP contribution in [0.3, 0.4) is 0 Å². The molecule has 2 aromatic heterocycles. The fourth-order valence-corrected chi connectivity index (χ4v) is 3.63. The van der Waals surface area contributed by atoms with Crippen molar-refractivity contribution in [2.24, 2.45) is 18.0 Å². The minimum absolute atomic E-state index is 0.00449. The Morgan fingerprint density at radius 1 is 1.20 bits per heavy atom. The average molecular weight is 410 g/mol. The van der Waals surface area contributed by atoms with Crippen molar-refractivity contribution in [3.63, 3.8) is 0 Å². The summed E-state index contributed by atoms with van der Waals surface area (Å²) in [6, 6.07) is 7.45. The lowest BCUT2D eigenvalue weighted by Gasteiger charge is -2.24. The Morgan fingerprint density at radius 2 is 1.97 bits per heavy atom. The molecule has 1 saturated carbocycles. The van der Waals surface area contributed by atoms with E-state index < -0.39 is 11.4 Å². The van der Waals surface area contributed by atoms with Crippen molar-refractivity contribution in [3.05, 3.63) is 52.7 Å². The summed E-state index contributed by atoms with van der Waals surface area (Å²) in [5.41, 5.74) is 0.0170. The molecule has 3 aromatic rings. The van der Waals surface area contributed by atoms with Gasteiger partial charge in [0.25, 0.3) is 11.5 Å². The number of methoxy groups -OCH3 is 1. The molecule has 30 heavy (non-hydrogen) atoms. The molecule has 8 heteroatoms. The molecule has 0 amide bonds. The molecule has 7 nitrogen and oxygen atoms in total. The van der Waals surface area contributed by atoms with E-state index in [-0.39, 0.29) is 11.5 Å². The van der Waals surface area contributed by atoms with Crippen molar-refractivity contribution < 1.29 is 13.9 Å². The number of hydrogen-bond donors (Lipinski definition) is 0. The predicted octanol–water partition coefficient (Wildman–Crippen LogP) is 4.17. The van der Waals surface area contributed by atoms with Crippen LogP contribution in [0.1, 0.15) is 25.7 Å². The second kappa shape index (κ2) is 8.71. The van der Waals surface area contributed by atoms with E-state index in [0.29, 0.717) is 29.0 Å². The molecule has 0 spiro atoms. The Balaban J connectivity index is 1.58. The van der Waals surface area contributed by atoms with E-state index in [1.54, 1.807) is 32.5 Å². The summed E-state index contributed by atoms with van der Waals surface area (Å²) in [5, 5.41) is 0.600. The summed E-state index contributed by atoms with van der Waals surface area (Å²) in [4.78, 5) is 25.8. The van der Waals surface area contributed by atoms with Crippen LogP contribution in [-0.4, -0.2) is 34.0 Å². The van der Waals surface area contributed by atoms with Crippen LogP contribution in [0.25, 0.3) is 11.0 Å². The predicted molar refractivity (Wildman–Crippen MR) is 112 cm³/mol. The molecule has 1 fully saturated rings. The van der Waals surface area contributed by atoms with Crippen molar-refractivity contribution in [1.29, 1.82) is 0 Å². The largest absolute Gasteiger partial charge is 0.448 e. The first kappa shape index (κ1) is 20.2. The number of hydrogen-bond acceptors (Lipinski definition) is 6. The third-order valence-corrected chi connectivity index (χ3v) is 5.41. The molecule has 156 valence electrons. The zero-order valence-corrected chi connectivity index (χ0v) is 16.9. The number of nitrogens with zero attached hydrogens (tertiary/aromatic N) is 4. The monoisotopic (exact) mass is 410 g/mol. The normalized spacial score (nSPS) is 19.4. The van der Waals surface area contributed by atoms with Gasteiger partial charge in [0, 0.05) is 32.0 Å². The van der Waals surface area contributed by atoms with Gasteiger partial charge in [0.1, 0.15) is 5.65 Å². The Morgan fingerprint density at radius 3 is 2.70 bits per heavy atom. The first-order valence-electron chi connectivity index (χ1n) is 9.91. The maximum Gasteiger partial charge on any atom is 0.294 e. The lowest BCUT2D eigenvalue weighted by molar-refractivity contribution is 0.0651. The van der Waals surface area contributed by atoms with Crippen LogP contribution in [-0.2, 0) is 11.8 Å². The van der Waals surface area contributed by atoms with Crippen molar-refractivity contribution in [3.8, 4) is 11.5 Å². The van der Waals surface area contributed by atoms with Crippen molar-refractivity contribution in [2.45, 2.75) is 31.8 Å². The highest BCUT2D eigenvalue weighted by Crippen LogP contribution is 2.26. The van der Waals surface area contributed by atoms with Crippen molar-refractivity contribution in [1.82, 2.24) is 14.5 Å². The third-order valence-electron chi connectivity index (χ3n) is 5.41. The van der Waals surface area contributed by atoms with Crippen LogP contribution < -0.4 is 10.3 Å². The number of aromatic nitrogens is 3. The molecule has 0 unspecified atom stereocenters. The van der Waals surface area contributed by atoms with E-state index in [1.807, 2.05) is 6.21 Å². The molecule has 0 atom stereocenters. The molecule has 0 N–H and O–H groups in total. The summed E-state index contributed by atoms with van der Waals surface area (Å²) in [6.45, 7) is 0. The molecule has 1 aromatic carbocycles. The lowest BCUT2D eigenvalue weighted by atomic mass is 9.88. The quantitative estimate of drug-likeness (QED) is 0.590. The summed E-state index contributed by atoms with van der Waals surface area (Å²) >= 11 is 0. The lowest BCUT2D eigenvalue weighted by Crippen LogP contribution is -2.21. The minimum atomic E-state index is -0.542. The first-order chi connectivity index (χ1) is 14.5. The highest BCUT2D eigenvalue weighted by Gasteiger charge is 2.19. The van der Waals surface area contributed by atoms with Gasteiger partial charge in [-0.15, -0.1) is 0 Å². The highest BCUT2D eigenvalue weighted by atomic mass is 19.1. The maximum atomic E-state index is 13.9. The van der Waals surface area contributed by atoms with Gasteiger partial charge in [-0.3, -0.25) is 9.36 Å². The van der Waals surface area contributed by atoms with E-state index >= 15 is 0 Å². The fraction of sp³-hybridized carbons (Fsp3) is 0.364. The standard InChI is InChI=1S/C22H23FN4O3/c1-27-20-15(11-19(21(27)28)30-18-6-4-3-5-17(18)23)13-25-22(26-20)24-12-14-7-9-16(29-2)10-8-14/h3-6,11-14,16H,7-10H2,1-2H3/b24-12+. The van der Waals surface area contributed by atoms with Crippen LogP contribution in [0.4, 0.5) is 10.3 Å². The van der Waals surface area contributed by atoms with Crippen LogP contribution in [0.5, 0.6) is 11.5 Å². The number of aliphatic imine (C=N–C) groups is 1. The number of benzene rings is 1. The smallest absolute Gasteiger partial charge is 0.294 e. The summed E-state index contributed by atoms with van der Waals surface area (Å²) in [6.07, 6.45) is 7.89. The molecular formula is C22H23FN4O3. The number of aryl methyl sites for hydroxylation is 1. The van der Waals surface area contributed by atoms with E-state index in [0.717, 1.165) is 25.7 Å². The maximum absolute atomic E-state index is 13.9. The highest BCUT2D eigenvalue weighted by molar-refractivity contribution is 5.77. The van der Waals surface area contributed by atoms with Gasteiger partial charge in [0.15, 0.2) is 17.3 Å². The molecule has 0 bridgehead atoms. The SMILES string of the molecule is COC1CCC(/C=N/c2ncc3cc(Oc4ccccc4F)c(=O)n(C)c3n2)CC1. The van der Waals surface area contributed by atoms with Gasteiger partial charge in [-0.05, 0) is 49.8 Å². The topological polar surface area (TPSA) is 78.6 Å². The van der Waals surface area contributed by atoms with Gasteiger partial charge in [0.2, 0.25) is 0 Å². The summed E-state index contributed by atoms with van der Waals surface area (Å²) < 4.78 is 26.1. The minimum Gasteiger partial charge on any atom is -0.448 e. The molecule has 0 saturated heterocycles. The molecule has 1 aliphatic rings. The molecule has 0 aliphatic heterocycles. The fourth-order valence-electron chi connectivity index (χ4n) is 3.63. The van der Waals surface area contributed by atoms with Crippen molar-refractivity contribution in [2.75, 3.05) is 7.11 Å². The Labute approximate surface area is 173 Å². The number of para-hydroxylation sites is 1. The third kappa shape index (κ3) is 4.23. The van der Waals surface area contributed by atoms with E-state index in [9.17, 15) is 9.18 Å². The van der Waals surface area contributed by atoms with Gasteiger partial charge in [-0.1, -0.05) is 12.1 Å².